The standard InChI is InChI=1S/C20H38O5/c1-2-3-4-5-6-7-8-9-10-11-12-13-14-15-20(23)24-17-19(16-21)25-18-22/h18-19,21H,2-17H2,1H3. The number of ether oxygens (including phenoxy) is 2. The van der Waals surface area contributed by atoms with Crippen LogP contribution in [0, 0.1) is 0 Å². The van der Waals surface area contributed by atoms with E-state index in [9.17, 15) is 9.59 Å². The molecule has 25 heavy (non-hydrogen) atoms. The van der Waals surface area contributed by atoms with E-state index in [2.05, 4.69) is 11.7 Å². The summed E-state index contributed by atoms with van der Waals surface area (Å²) >= 11 is 0. The molecule has 5 nitrogen and oxygen atoms in total. The van der Waals surface area contributed by atoms with Crippen molar-refractivity contribution in [1.82, 2.24) is 0 Å². The Morgan fingerprint density at radius 3 is 1.80 bits per heavy atom. The lowest BCUT2D eigenvalue weighted by atomic mass is 10.0. The van der Waals surface area contributed by atoms with Gasteiger partial charge in [-0.3, -0.25) is 9.59 Å². The van der Waals surface area contributed by atoms with Crippen LogP contribution in [0.25, 0.3) is 0 Å². The lowest BCUT2D eigenvalue weighted by Crippen LogP contribution is -2.25. The number of aliphatic hydroxyl groups is 1. The zero-order chi connectivity index (χ0) is 18.6. The summed E-state index contributed by atoms with van der Waals surface area (Å²) in [4.78, 5) is 21.7. The fourth-order valence-electron chi connectivity index (χ4n) is 2.76. The molecule has 0 fully saturated rings. The molecule has 0 aliphatic carbocycles. The Morgan fingerprint density at radius 2 is 1.36 bits per heavy atom. The van der Waals surface area contributed by atoms with Crippen molar-refractivity contribution >= 4 is 12.4 Å². The molecule has 5 heteroatoms. The van der Waals surface area contributed by atoms with Crippen LogP contribution >= 0.6 is 0 Å². The molecule has 0 aromatic carbocycles. The second kappa shape index (κ2) is 19.2. The first kappa shape index (κ1) is 23.9. The van der Waals surface area contributed by atoms with Crippen molar-refractivity contribution in [1.29, 1.82) is 0 Å². The highest BCUT2D eigenvalue weighted by atomic mass is 16.6. The van der Waals surface area contributed by atoms with Gasteiger partial charge in [0, 0.05) is 6.42 Å². The number of hydrogen-bond acceptors (Lipinski definition) is 5. The second-order valence-electron chi connectivity index (χ2n) is 6.71. The van der Waals surface area contributed by atoms with Crippen molar-refractivity contribution in [2.45, 2.75) is 103 Å². The summed E-state index contributed by atoms with van der Waals surface area (Å²) in [5.41, 5.74) is 0. The van der Waals surface area contributed by atoms with Gasteiger partial charge >= 0.3 is 5.97 Å². The summed E-state index contributed by atoms with van der Waals surface area (Å²) in [6.45, 7) is 2.08. The van der Waals surface area contributed by atoms with Crippen LogP contribution in [0.5, 0.6) is 0 Å². The minimum absolute atomic E-state index is 0.0769. The van der Waals surface area contributed by atoms with Gasteiger partial charge in [-0.15, -0.1) is 0 Å². The summed E-state index contributed by atoms with van der Waals surface area (Å²) in [7, 11) is 0. The second-order valence-corrected chi connectivity index (χ2v) is 6.71. The third-order valence-corrected chi connectivity index (χ3v) is 4.37. The molecule has 0 amide bonds. The number of carbonyl (C=O) groups is 2. The lowest BCUT2D eigenvalue weighted by molar-refractivity contribution is -0.153. The fourth-order valence-corrected chi connectivity index (χ4v) is 2.76. The van der Waals surface area contributed by atoms with Crippen LogP contribution in [0.4, 0.5) is 0 Å². The smallest absolute Gasteiger partial charge is 0.305 e. The van der Waals surface area contributed by atoms with Crippen molar-refractivity contribution in [2.75, 3.05) is 13.2 Å². The van der Waals surface area contributed by atoms with E-state index in [0.717, 1.165) is 19.3 Å². The minimum atomic E-state index is -0.756. The van der Waals surface area contributed by atoms with Gasteiger partial charge in [-0.1, -0.05) is 84.0 Å². The molecule has 0 aromatic heterocycles. The molecule has 148 valence electrons. The van der Waals surface area contributed by atoms with Crippen LogP contribution in [0.3, 0.4) is 0 Å². The first-order chi connectivity index (χ1) is 12.2. The first-order valence-electron chi connectivity index (χ1n) is 10.1. The van der Waals surface area contributed by atoms with E-state index in [1.807, 2.05) is 0 Å². The van der Waals surface area contributed by atoms with Crippen LogP contribution in [0.1, 0.15) is 96.8 Å². The van der Waals surface area contributed by atoms with Gasteiger partial charge in [0.1, 0.15) is 6.61 Å². The monoisotopic (exact) mass is 358 g/mol. The Bertz CT molecular complexity index is 306. The highest BCUT2D eigenvalue weighted by molar-refractivity contribution is 5.69. The molecule has 0 aliphatic heterocycles. The zero-order valence-corrected chi connectivity index (χ0v) is 16.0. The maximum absolute atomic E-state index is 11.5. The van der Waals surface area contributed by atoms with Crippen LogP contribution in [-0.4, -0.2) is 36.9 Å². The molecule has 0 radical (unpaired) electrons. The van der Waals surface area contributed by atoms with Crippen molar-refractivity contribution < 1.29 is 24.2 Å². The summed E-state index contributed by atoms with van der Waals surface area (Å²) in [5.74, 6) is -0.295. The summed E-state index contributed by atoms with van der Waals surface area (Å²) in [6, 6.07) is 0. The number of esters is 1. The molecule has 1 unspecified atom stereocenters. The first-order valence-corrected chi connectivity index (χ1v) is 10.1. The number of hydrogen-bond donors (Lipinski definition) is 1. The number of aliphatic hydroxyl groups excluding tert-OH is 1. The summed E-state index contributed by atoms with van der Waals surface area (Å²) < 4.78 is 9.53. The topological polar surface area (TPSA) is 72.8 Å². The summed E-state index contributed by atoms with van der Waals surface area (Å²) in [5, 5.41) is 8.89. The van der Waals surface area contributed by atoms with E-state index in [4.69, 9.17) is 9.84 Å². The van der Waals surface area contributed by atoms with E-state index in [1.165, 1.54) is 64.2 Å². The van der Waals surface area contributed by atoms with Gasteiger partial charge in [-0.05, 0) is 6.42 Å². The lowest BCUT2D eigenvalue weighted by Gasteiger charge is -2.12. The molecule has 0 aliphatic rings. The van der Waals surface area contributed by atoms with E-state index in [1.54, 1.807) is 0 Å². The van der Waals surface area contributed by atoms with Gasteiger partial charge in [-0.25, -0.2) is 0 Å². The molecule has 1 atom stereocenters. The third-order valence-electron chi connectivity index (χ3n) is 4.37. The highest BCUT2D eigenvalue weighted by Gasteiger charge is 2.11. The molecule has 1 N–H and O–H groups in total. The van der Waals surface area contributed by atoms with E-state index in [-0.39, 0.29) is 25.7 Å². The molecule has 0 spiro atoms. The maximum Gasteiger partial charge on any atom is 0.305 e. The van der Waals surface area contributed by atoms with Crippen molar-refractivity contribution in [3.05, 3.63) is 0 Å². The maximum atomic E-state index is 11.5. The molecule has 0 heterocycles. The zero-order valence-electron chi connectivity index (χ0n) is 16.0. The number of carbonyl (C=O) groups excluding carboxylic acids is 2. The Labute approximate surface area is 153 Å². The molecular formula is C20H38O5. The molecule has 0 saturated heterocycles. The van der Waals surface area contributed by atoms with Gasteiger partial charge in [-0.2, -0.15) is 0 Å². The van der Waals surface area contributed by atoms with Crippen LogP contribution < -0.4 is 0 Å². The number of rotatable bonds is 19. The SMILES string of the molecule is CCCCCCCCCCCCCCCC(=O)OCC(CO)OC=O. The van der Waals surface area contributed by atoms with Crippen LogP contribution in [-0.2, 0) is 19.1 Å². The average Bonchev–Trinajstić information content (AvgIpc) is 2.62. The Hall–Kier alpha value is -1.10. The Kier molecular flexibility index (Phi) is 18.4. The predicted octanol–water partition coefficient (Wildman–Crippen LogP) is 4.54. The van der Waals surface area contributed by atoms with Crippen molar-refractivity contribution in [3.8, 4) is 0 Å². The third kappa shape index (κ3) is 17.5. The normalized spacial score (nSPS) is 11.9. The molecular weight excluding hydrogens is 320 g/mol. The van der Waals surface area contributed by atoms with Gasteiger partial charge in [0.05, 0.1) is 6.61 Å². The average molecular weight is 359 g/mol. The number of unbranched alkanes of at least 4 members (excludes halogenated alkanes) is 12. The Balaban J connectivity index is 3.27. The van der Waals surface area contributed by atoms with Gasteiger partial charge in [0.2, 0.25) is 0 Å². The van der Waals surface area contributed by atoms with Crippen LogP contribution in [0.15, 0.2) is 0 Å². The largest absolute Gasteiger partial charge is 0.462 e. The molecule has 0 bridgehead atoms. The van der Waals surface area contributed by atoms with E-state index >= 15 is 0 Å². The Morgan fingerprint density at radius 1 is 0.880 bits per heavy atom. The van der Waals surface area contributed by atoms with E-state index in [0.29, 0.717) is 6.42 Å². The quantitative estimate of drug-likeness (QED) is 0.208. The van der Waals surface area contributed by atoms with Crippen molar-refractivity contribution in [2.24, 2.45) is 0 Å². The predicted molar refractivity (Wildman–Crippen MR) is 99.3 cm³/mol. The molecule has 0 rings (SSSR count). The van der Waals surface area contributed by atoms with Crippen LogP contribution in [0.2, 0.25) is 0 Å². The summed E-state index contributed by atoms with van der Waals surface area (Å²) in [6.07, 6.45) is 16.1. The minimum Gasteiger partial charge on any atom is -0.462 e. The molecule has 0 saturated carbocycles. The van der Waals surface area contributed by atoms with Gasteiger partial charge in [0.15, 0.2) is 6.10 Å². The molecule has 0 aromatic rings. The fraction of sp³-hybridized carbons (Fsp3) is 0.900. The highest BCUT2D eigenvalue weighted by Crippen LogP contribution is 2.13. The van der Waals surface area contributed by atoms with Gasteiger partial charge < -0.3 is 14.6 Å². The van der Waals surface area contributed by atoms with Gasteiger partial charge in [0.25, 0.3) is 6.47 Å². The van der Waals surface area contributed by atoms with E-state index < -0.39 is 6.10 Å². The van der Waals surface area contributed by atoms with Crippen molar-refractivity contribution in [3.63, 3.8) is 0 Å².